The van der Waals surface area contributed by atoms with Crippen LogP contribution in [0.25, 0.3) is 0 Å². The summed E-state index contributed by atoms with van der Waals surface area (Å²) in [6.07, 6.45) is 0. The van der Waals surface area contributed by atoms with Gasteiger partial charge in [-0.3, -0.25) is 5.01 Å². The minimum Gasteiger partial charge on any atom is -0.321 e. The molecule has 0 saturated heterocycles. The molecular formula is C8H12N4. The molecule has 0 aliphatic heterocycles. The minimum absolute atomic E-state index is 0.565. The fourth-order valence-corrected chi connectivity index (χ4v) is 0.956. The molecule has 4 nitrogen and oxygen atoms in total. The average Bonchev–Trinajstić information content (AvgIpc) is 2.07. The van der Waals surface area contributed by atoms with Gasteiger partial charge in [0.2, 0.25) is 0 Å². The van der Waals surface area contributed by atoms with Crippen LogP contribution >= 0.6 is 0 Å². The maximum atomic E-state index is 5.50. The van der Waals surface area contributed by atoms with E-state index in [-0.39, 0.29) is 0 Å². The van der Waals surface area contributed by atoms with Crippen molar-refractivity contribution >= 4 is 5.84 Å². The molecule has 4 N–H and O–H groups in total. The first-order valence-corrected chi connectivity index (χ1v) is 3.57. The van der Waals surface area contributed by atoms with E-state index in [2.05, 4.69) is 5.10 Å². The third kappa shape index (κ3) is 1.73. The van der Waals surface area contributed by atoms with Gasteiger partial charge in [0.25, 0.3) is 0 Å². The quantitative estimate of drug-likeness (QED) is 0.268. The highest BCUT2D eigenvalue weighted by molar-refractivity contribution is 5.97. The fraction of sp³-hybridized carbons (Fsp3) is 0.125. The molecule has 0 bridgehead atoms. The number of nitrogens with two attached hydrogens (primary N) is 2. The van der Waals surface area contributed by atoms with Crippen molar-refractivity contribution in [1.29, 1.82) is 0 Å². The van der Waals surface area contributed by atoms with Crippen molar-refractivity contribution in [3.8, 4) is 0 Å². The van der Waals surface area contributed by atoms with E-state index in [4.69, 9.17) is 11.7 Å². The summed E-state index contributed by atoms with van der Waals surface area (Å²) in [6, 6.07) is 9.53. The Morgan fingerprint density at radius 3 is 2.33 bits per heavy atom. The second-order valence-corrected chi connectivity index (χ2v) is 2.43. The van der Waals surface area contributed by atoms with Crippen LogP contribution in [0.5, 0.6) is 0 Å². The Hall–Kier alpha value is -1.55. The number of hydrogen-bond acceptors (Lipinski definition) is 3. The highest BCUT2D eigenvalue weighted by Crippen LogP contribution is 2.00. The summed E-state index contributed by atoms with van der Waals surface area (Å²) in [5.74, 6) is 11.2. The Morgan fingerprint density at radius 2 is 1.92 bits per heavy atom. The van der Waals surface area contributed by atoms with Crippen molar-refractivity contribution < 1.29 is 0 Å². The van der Waals surface area contributed by atoms with E-state index in [1.54, 1.807) is 7.05 Å². The molecule has 4 heteroatoms. The zero-order valence-electron chi connectivity index (χ0n) is 6.94. The molecule has 64 valence electrons. The van der Waals surface area contributed by atoms with Gasteiger partial charge in [-0.2, -0.15) is 5.10 Å². The van der Waals surface area contributed by atoms with Crippen molar-refractivity contribution in [1.82, 2.24) is 5.01 Å². The summed E-state index contributed by atoms with van der Waals surface area (Å²) < 4.78 is 0. The van der Waals surface area contributed by atoms with Gasteiger partial charge in [-0.25, -0.2) is 5.84 Å². The van der Waals surface area contributed by atoms with Crippen LogP contribution in [-0.4, -0.2) is 17.9 Å². The van der Waals surface area contributed by atoms with Crippen molar-refractivity contribution in [2.45, 2.75) is 0 Å². The molecule has 12 heavy (non-hydrogen) atoms. The Bertz CT molecular complexity index is 266. The summed E-state index contributed by atoms with van der Waals surface area (Å²) in [6.45, 7) is 0. The number of hydrogen-bond donors (Lipinski definition) is 2. The van der Waals surface area contributed by atoms with Crippen molar-refractivity contribution in [2.75, 3.05) is 7.05 Å². The first-order valence-electron chi connectivity index (χ1n) is 3.57. The summed E-state index contributed by atoms with van der Waals surface area (Å²) in [4.78, 5) is 0. The summed E-state index contributed by atoms with van der Waals surface area (Å²) in [5, 5.41) is 4.96. The Labute approximate surface area is 71.4 Å². The van der Waals surface area contributed by atoms with E-state index in [0.717, 1.165) is 5.56 Å². The van der Waals surface area contributed by atoms with Gasteiger partial charge in [0, 0.05) is 12.6 Å². The predicted octanol–water partition coefficient (Wildman–Crippen LogP) is 0.112. The van der Waals surface area contributed by atoms with Crippen LogP contribution in [0.15, 0.2) is 35.4 Å². The van der Waals surface area contributed by atoms with Crippen LogP contribution in [-0.2, 0) is 0 Å². The summed E-state index contributed by atoms with van der Waals surface area (Å²) >= 11 is 0. The van der Waals surface area contributed by atoms with Crippen molar-refractivity contribution in [2.24, 2.45) is 16.8 Å². The molecule has 1 rings (SSSR count). The third-order valence-corrected chi connectivity index (χ3v) is 1.49. The molecule has 0 heterocycles. The lowest BCUT2D eigenvalue weighted by atomic mass is 10.2. The number of hydrazine groups is 1. The molecule has 0 saturated carbocycles. The largest absolute Gasteiger partial charge is 0.321 e. The van der Waals surface area contributed by atoms with Gasteiger partial charge in [-0.15, -0.1) is 0 Å². The second kappa shape index (κ2) is 3.73. The molecule has 0 aromatic heterocycles. The van der Waals surface area contributed by atoms with Gasteiger partial charge in [0.05, 0.1) is 0 Å². The van der Waals surface area contributed by atoms with E-state index >= 15 is 0 Å². The molecule has 0 unspecified atom stereocenters. The molecule has 0 fully saturated rings. The molecule has 1 aromatic rings. The Morgan fingerprint density at radius 1 is 1.33 bits per heavy atom. The zero-order valence-corrected chi connectivity index (χ0v) is 6.94. The normalized spacial score (nSPS) is 11.3. The van der Waals surface area contributed by atoms with Gasteiger partial charge in [0.1, 0.15) is 0 Å². The number of benzene rings is 1. The van der Waals surface area contributed by atoms with Gasteiger partial charge in [-0.05, 0) is 0 Å². The van der Waals surface area contributed by atoms with Crippen LogP contribution in [0.4, 0.5) is 0 Å². The highest BCUT2D eigenvalue weighted by atomic mass is 15.4. The molecule has 0 amide bonds. The van der Waals surface area contributed by atoms with Crippen LogP contribution in [0, 0.1) is 0 Å². The van der Waals surface area contributed by atoms with Crippen LogP contribution < -0.4 is 11.7 Å². The van der Waals surface area contributed by atoms with E-state index in [1.807, 2.05) is 30.3 Å². The van der Waals surface area contributed by atoms with Gasteiger partial charge in [-0.1, -0.05) is 30.3 Å². The number of amidine groups is 1. The molecule has 0 atom stereocenters. The van der Waals surface area contributed by atoms with Gasteiger partial charge in [0.15, 0.2) is 5.84 Å². The first-order chi connectivity index (χ1) is 5.75. The Kier molecular flexibility index (Phi) is 2.66. The first kappa shape index (κ1) is 8.55. The second-order valence-electron chi connectivity index (χ2n) is 2.43. The molecule has 0 radical (unpaired) electrons. The molecule has 0 aliphatic carbocycles. The van der Waals surface area contributed by atoms with E-state index in [1.165, 1.54) is 5.01 Å². The van der Waals surface area contributed by atoms with E-state index < -0.39 is 0 Å². The number of nitrogens with zero attached hydrogens (tertiary/aromatic N) is 2. The van der Waals surface area contributed by atoms with Crippen LogP contribution in [0.3, 0.4) is 0 Å². The highest BCUT2D eigenvalue weighted by Gasteiger charge is 2.03. The lowest BCUT2D eigenvalue weighted by Crippen LogP contribution is -2.34. The monoisotopic (exact) mass is 164 g/mol. The standard InChI is InChI=1S/C8H12N4/c1-12(10)8(11-9)7-5-3-2-4-6-7/h2-6H,9-10H2,1H3. The third-order valence-electron chi connectivity index (χ3n) is 1.49. The van der Waals surface area contributed by atoms with Crippen LogP contribution in [0.1, 0.15) is 5.56 Å². The maximum absolute atomic E-state index is 5.50. The maximum Gasteiger partial charge on any atom is 0.169 e. The van der Waals surface area contributed by atoms with Gasteiger partial charge >= 0.3 is 0 Å². The minimum atomic E-state index is 0.565. The average molecular weight is 164 g/mol. The lowest BCUT2D eigenvalue weighted by molar-refractivity contribution is 0.537. The number of hydrazone groups is 1. The molecular weight excluding hydrogens is 152 g/mol. The smallest absolute Gasteiger partial charge is 0.169 e. The zero-order chi connectivity index (χ0) is 8.97. The predicted molar refractivity (Wildman–Crippen MR) is 49.1 cm³/mol. The summed E-state index contributed by atoms with van der Waals surface area (Å²) in [7, 11) is 1.69. The van der Waals surface area contributed by atoms with E-state index in [9.17, 15) is 0 Å². The van der Waals surface area contributed by atoms with Gasteiger partial charge < -0.3 is 5.84 Å². The van der Waals surface area contributed by atoms with E-state index in [0.29, 0.717) is 5.84 Å². The fourth-order valence-electron chi connectivity index (χ4n) is 0.956. The molecule has 0 spiro atoms. The SMILES string of the molecule is CN(N)C(=NN)c1ccccc1. The summed E-state index contributed by atoms with van der Waals surface area (Å²) in [5.41, 5.74) is 0.907. The van der Waals surface area contributed by atoms with Crippen molar-refractivity contribution in [3.05, 3.63) is 35.9 Å². The molecule has 0 aliphatic rings. The topological polar surface area (TPSA) is 67.6 Å². The Balaban J connectivity index is 2.97. The lowest BCUT2D eigenvalue weighted by Gasteiger charge is -2.13. The number of rotatable bonds is 1. The van der Waals surface area contributed by atoms with Crippen LogP contribution in [0.2, 0.25) is 0 Å². The van der Waals surface area contributed by atoms with Crippen molar-refractivity contribution in [3.63, 3.8) is 0 Å². The molecule has 1 aromatic carbocycles.